The molecular formula is C16H13BrN2O3. The van der Waals surface area contributed by atoms with Gasteiger partial charge in [0.15, 0.2) is 5.78 Å². The monoisotopic (exact) mass is 360 g/mol. The SMILES string of the molecule is N#CC1=C(N)OC2=C(C(=O)CCC2)[C@@H]1c1cc(Br)ccc1O. The number of aromatic hydroxyl groups is 1. The van der Waals surface area contributed by atoms with Gasteiger partial charge in [-0.25, -0.2) is 0 Å². The van der Waals surface area contributed by atoms with Gasteiger partial charge in [-0.3, -0.25) is 4.79 Å². The first-order valence-corrected chi connectivity index (χ1v) is 7.64. The highest BCUT2D eigenvalue weighted by Gasteiger charge is 2.39. The molecule has 3 rings (SSSR count). The number of carbonyl (C=O) groups is 1. The van der Waals surface area contributed by atoms with Crippen LogP contribution in [0.25, 0.3) is 0 Å². The zero-order valence-corrected chi connectivity index (χ0v) is 13.2. The summed E-state index contributed by atoms with van der Waals surface area (Å²) < 4.78 is 6.23. The molecule has 112 valence electrons. The summed E-state index contributed by atoms with van der Waals surface area (Å²) in [6, 6.07) is 6.93. The number of carbonyl (C=O) groups excluding carboxylic acids is 1. The Balaban J connectivity index is 2.25. The molecule has 22 heavy (non-hydrogen) atoms. The highest BCUT2D eigenvalue weighted by Crippen LogP contribution is 2.46. The average Bonchev–Trinajstić information content (AvgIpc) is 2.48. The van der Waals surface area contributed by atoms with Gasteiger partial charge in [-0.1, -0.05) is 15.9 Å². The van der Waals surface area contributed by atoms with E-state index in [4.69, 9.17) is 10.5 Å². The van der Waals surface area contributed by atoms with E-state index in [1.165, 1.54) is 6.07 Å². The molecule has 5 nitrogen and oxygen atoms in total. The van der Waals surface area contributed by atoms with Gasteiger partial charge in [0.1, 0.15) is 23.2 Å². The quantitative estimate of drug-likeness (QED) is 0.802. The third kappa shape index (κ3) is 2.28. The van der Waals surface area contributed by atoms with E-state index in [1.54, 1.807) is 12.1 Å². The van der Waals surface area contributed by atoms with Gasteiger partial charge in [0.25, 0.3) is 0 Å². The van der Waals surface area contributed by atoms with E-state index in [9.17, 15) is 15.2 Å². The standard InChI is InChI=1S/C16H13BrN2O3/c17-8-4-5-11(20)9(6-8)14-10(7-18)16(19)22-13-3-1-2-12(21)15(13)14/h4-6,14,20H,1-3,19H2/t14-/m1/s1. The minimum absolute atomic E-state index is 0.000301. The first kappa shape index (κ1) is 14.7. The number of hydrogen-bond acceptors (Lipinski definition) is 5. The third-order valence-corrected chi connectivity index (χ3v) is 4.40. The fraction of sp³-hybridized carbons (Fsp3) is 0.250. The lowest BCUT2D eigenvalue weighted by Gasteiger charge is -2.31. The van der Waals surface area contributed by atoms with Crippen LogP contribution in [-0.4, -0.2) is 10.9 Å². The second-order valence-electron chi connectivity index (χ2n) is 5.24. The van der Waals surface area contributed by atoms with Crippen LogP contribution in [0.3, 0.4) is 0 Å². The Morgan fingerprint density at radius 3 is 2.91 bits per heavy atom. The molecule has 1 aliphatic heterocycles. The minimum atomic E-state index is -0.681. The summed E-state index contributed by atoms with van der Waals surface area (Å²) in [6.07, 6.45) is 1.71. The number of nitriles is 1. The lowest BCUT2D eigenvalue weighted by Crippen LogP contribution is -2.27. The molecule has 0 saturated carbocycles. The molecule has 0 fully saturated rings. The van der Waals surface area contributed by atoms with E-state index in [0.717, 1.165) is 4.47 Å². The van der Waals surface area contributed by atoms with Crippen LogP contribution in [0.5, 0.6) is 5.75 Å². The molecule has 0 unspecified atom stereocenters. The summed E-state index contributed by atoms with van der Waals surface area (Å²) in [5.41, 5.74) is 6.92. The number of phenols is 1. The molecule has 0 saturated heterocycles. The summed E-state index contributed by atoms with van der Waals surface area (Å²) in [5, 5.41) is 19.6. The highest BCUT2D eigenvalue weighted by molar-refractivity contribution is 9.10. The highest BCUT2D eigenvalue weighted by atomic mass is 79.9. The fourth-order valence-corrected chi connectivity index (χ4v) is 3.30. The summed E-state index contributed by atoms with van der Waals surface area (Å²) in [4.78, 5) is 12.4. The van der Waals surface area contributed by atoms with E-state index in [0.29, 0.717) is 36.2 Å². The summed E-state index contributed by atoms with van der Waals surface area (Å²) in [7, 11) is 0. The first-order valence-electron chi connectivity index (χ1n) is 6.85. The normalized spacial score (nSPS) is 21.3. The Bertz CT molecular complexity index is 774. The van der Waals surface area contributed by atoms with Gasteiger partial charge in [0.2, 0.25) is 5.88 Å². The number of rotatable bonds is 1. The van der Waals surface area contributed by atoms with Gasteiger partial charge in [0.05, 0.1) is 5.92 Å². The molecule has 1 atom stereocenters. The second-order valence-corrected chi connectivity index (χ2v) is 6.16. The van der Waals surface area contributed by atoms with Crippen LogP contribution in [-0.2, 0) is 9.53 Å². The van der Waals surface area contributed by atoms with E-state index in [1.807, 2.05) is 6.07 Å². The number of hydrogen-bond donors (Lipinski definition) is 2. The number of nitrogens with zero attached hydrogens (tertiary/aromatic N) is 1. The smallest absolute Gasteiger partial charge is 0.205 e. The van der Waals surface area contributed by atoms with E-state index < -0.39 is 5.92 Å². The van der Waals surface area contributed by atoms with Crippen molar-refractivity contribution >= 4 is 21.7 Å². The zero-order valence-electron chi connectivity index (χ0n) is 11.6. The molecule has 6 heteroatoms. The Morgan fingerprint density at radius 2 is 2.18 bits per heavy atom. The molecule has 1 aromatic rings. The van der Waals surface area contributed by atoms with E-state index >= 15 is 0 Å². The summed E-state index contributed by atoms with van der Waals surface area (Å²) in [5.74, 6) is -0.219. The maximum absolute atomic E-state index is 12.4. The average molecular weight is 361 g/mol. The van der Waals surface area contributed by atoms with Crippen molar-refractivity contribution in [2.75, 3.05) is 0 Å². The molecule has 2 aliphatic rings. The molecule has 0 aromatic heterocycles. The first-order chi connectivity index (χ1) is 10.5. The number of phenolic OH excluding ortho intramolecular Hbond substituents is 1. The fourth-order valence-electron chi connectivity index (χ4n) is 2.92. The molecule has 1 aromatic carbocycles. The van der Waals surface area contributed by atoms with Crippen LogP contribution < -0.4 is 5.73 Å². The van der Waals surface area contributed by atoms with Crippen LogP contribution in [0, 0.1) is 11.3 Å². The summed E-state index contributed by atoms with van der Waals surface area (Å²) >= 11 is 3.35. The van der Waals surface area contributed by atoms with Gasteiger partial charge in [0, 0.05) is 28.5 Å². The summed E-state index contributed by atoms with van der Waals surface area (Å²) in [6.45, 7) is 0. The Hall–Kier alpha value is -2.26. The lowest BCUT2D eigenvalue weighted by atomic mass is 9.77. The van der Waals surface area contributed by atoms with Crippen LogP contribution in [0.15, 0.2) is 45.5 Å². The predicted octanol–water partition coefficient (Wildman–Crippen LogP) is 2.97. The van der Waals surface area contributed by atoms with Crippen molar-refractivity contribution in [2.24, 2.45) is 5.73 Å². The van der Waals surface area contributed by atoms with Crippen molar-refractivity contribution in [2.45, 2.75) is 25.2 Å². The van der Waals surface area contributed by atoms with Crippen molar-refractivity contribution in [3.8, 4) is 11.8 Å². The predicted molar refractivity (Wildman–Crippen MR) is 82.3 cm³/mol. The van der Waals surface area contributed by atoms with Crippen molar-refractivity contribution in [1.82, 2.24) is 0 Å². The van der Waals surface area contributed by atoms with Crippen LogP contribution >= 0.6 is 15.9 Å². The number of allylic oxidation sites excluding steroid dienone is 3. The molecule has 0 radical (unpaired) electrons. The molecular weight excluding hydrogens is 348 g/mol. The van der Waals surface area contributed by atoms with Crippen molar-refractivity contribution < 1.29 is 14.6 Å². The molecule has 1 heterocycles. The molecule has 0 bridgehead atoms. The number of benzene rings is 1. The maximum atomic E-state index is 12.4. The largest absolute Gasteiger partial charge is 0.508 e. The number of Topliss-reactive ketones (excluding diaryl/α,β-unsaturated/α-hetero) is 1. The second kappa shape index (κ2) is 5.50. The van der Waals surface area contributed by atoms with Crippen molar-refractivity contribution in [3.05, 3.63) is 51.0 Å². The van der Waals surface area contributed by atoms with Crippen LogP contribution in [0.4, 0.5) is 0 Å². The number of halogens is 1. The van der Waals surface area contributed by atoms with Crippen LogP contribution in [0.2, 0.25) is 0 Å². The minimum Gasteiger partial charge on any atom is -0.508 e. The maximum Gasteiger partial charge on any atom is 0.205 e. The Kier molecular flexibility index (Phi) is 3.67. The van der Waals surface area contributed by atoms with Crippen molar-refractivity contribution in [1.29, 1.82) is 5.26 Å². The van der Waals surface area contributed by atoms with Crippen LogP contribution in [0.1, 0.15) is 30.7 Å². The Morgan fingerprint density at radius 1 is 1.41 bits per heavy atom. The molecule has 1 aliphatic carbocycles. The lowest BCUT2D eigenvalue weighted by molar-refractivity contribution is -0.116. The molecule has 0 amide bonds. The zero-order chi connectivity index (χ0) is 15.9. The van der Waals surface area contributed by atoms with E-state index in [2.05, 4.69) is 15.9 Å². The van der Waals surface area contributed by atoms with E-state index in [-0.39, 0.29) is 23.0 Å². The van der Waals surface area contributed by atoms with Gasteiger partial charge < -0.3 is 15.6 Å². The van der Waals surface area contributed by atoms with Crippen molar-refractivity contribution in [3.63, 3.8) is 0 Å². The number of ether oxygens (including phenoxy) is 1. The topological polar surface area (TPSA) is 96.3 Å². The molecule has 3 N–H and O–H groups in total. The number of nitrogens with two attached hydrogens (primary N) is 1. The van der Waals surface area contributed by atoms with Gasteiger partial charge in [-0.05, 0) is 24.6 Å². The Labute approximate surface area is 135 Å². The van der Waals surface area contributed by atoms with Gasteiger partial charge >= 0.3 is 0 Å². The molecule has 0 spiro atoms. The third-order valence-electron chi connectivity index (χ3n) is 3.91. The van der Waals surface area contributed by atoms with Gasteiger partial charge in [-0.2, -0.15) is 5.26 Å². The van der Waals surface area contributed by atoms with Gasteiger partial charge in [-0.15, -0.1) is 0 Å². The number of ketones is 1.